The molecule has 0 bridgehead atoms. The molecule has 1 atom stereocenters. The van der Waals surface area contributed by atoms with Crippen molar-refractivity contribution < 1.29 is 9.90 Å². The Bertz CT molecular complexity index is 763. The Balaban J connectivity index is 1.81. The summed E-state index contributed by atoms with van der Waals surface area (Å²) in [5.74, 6) is -0.178. The average Bonchev–Trinajstić information content (AvgIpc) is 3.17. The summed E-state index contributed by atoms with van der Waals surface area (Å²) in [4.78, 5) is 14.4. The third-order valence-electron chi connectivity index (χ3n) is 3.66. The lowest BCUT2D eigenvalue weighted by atomic mass is 10.1. The standard InChI is InChI=1S/C18H17N3O2S/c22-17(16-7-9-24-13-16)12-21(11-14-4-2-1-3-5-14)18(23)15-6-8-19-20-10-15/h1-10,13,17,22H,11-12H2. The Morgan fingerprint density at radius 1 is 1.17 bits per heavy atom. The molecule has 5 nitrogen and oxygen atoms in total. The van der Waals surface area contributed by atoms with E-state index in [4.69, 9.17) is 0 Å². The molecule has 6 heteroatoms. The number of hydrogen-bond donors (Lipinski definition) is 1. The topological polar surface area (TPSA) is 66.3 Å². The summed E-state index contributed by atoms with van der Waals surface area (Å²) < 4.78 is 0. The number of amides is 1. The van der Waals surface area contributed by atoms with Gasteiger partial charge in [0.05, 0.1) is 30.6 Å². The van der Waals surface area contributed by atoms with Gasteiger partial charge in [-0.05, 0) is 34.0 Å². The van der Waals surface area contributed by atoms with Crippen molar-refractivity contribution in [3.05, 3.63) is 82.3 Å². The van der Waals surface area contributed by atoms with Crippen molar-refractivity contribution in [2.75, 3.05) is 6.54 Å². The molecule has 2 heterocycles. The van der Waals surface area contributed by atoms with Crippen LogP contribution in [-0.2, 0) is 6.54 Å². The van der Waals surface area contributed by atoms with Gasteiger partial charge >= 0.3 is 0 Å². The number of aliphatic hydroxyl groups is 1. The van der Waals surface area contributed by atoms with Crippen molar-refractivity contribution in [2.24, 2.45) is 0 Å². The zero-order chi connectivity index (χ0) is 16.8. The Morgan fingerprint density at radius 2 is 2.00 bits per heavy atom. The molecule has 0 fully saturated rings. The van der Waals surface area contributed by atoms with E-state index < -0.39 is 6.10 Å². The van der Waals surface area contributed by atoms with E-state index >= 15 is 0 Å². The minimum atomic E-state index is -0.723. The fraction of sp³-hybridized carbons (Fsp3) is 0.167. The van der Waals surface area contributed by atoms with E-state index in [1.807, 2.05) is 47.2 Å². The number of hydrogen-bond acceptors (Lipinski definition) is 5. The molecule has 0 spiro atoms. The molecule has 122 valence electrons. The Morgan fingerprint density at radius 3 is 2.67 bits per heavy atom. The Hall–Kier alpha value is -2.57. The number of carbonyl (C=O) groups is 1. The summed E-state index contributed by atoms with van der Waals surface area (Å²) in [6, 6.07) is 13.2. The molecule has 0 aliphatic heterocycles. The Labute approximate surface area is 144 Å². The average molecular weight is 339 g/mol. The van der Waals surface area contributed by atoms with E-state index in [9.17, 15) is 9.90 Å². The molecule has 1 unspecified atom stereocenters. The third-order valence-corrected chi connectivity index (χ3v) is 4.36. The lowest BCUT2D eigenvalue weighted by molar-refractivity contribution is 0.0604. The maximum Gasteiger partial charge on any atom is 0.255 e. The van der Waals surface area contributed by atoms with E-state index in [0.29, 0.717) is 12.1 Å². The largest absolute Gasteiger partial charge is 0.387 e. The second kappa shape index (κ2) is 7.81. The SMILES string of the molecule is O=C(c1ccnnc1)N(Cc1ccccc1)CC(O)c1ccsc1. The van der Waals surface area contributed by atoms with Crippen LogP contribution in [0.2, 0.25) is 0 Å². The van der Waals surface area contributed by atoms with Crippen molar-refractivity contribution in [1.29, 1.82) is 0 Å². The monoisotopic (exact) mass is 339 g/mol. The van der Waals surface area contributed by atoms with E-state index in [2.05, 4.69) is 10.2 Å². The van der Waals surface area contributed by atoms with Crippen LogP contribution in [0.4, 0.5) is 0 Å². The molecule has 0 saturated heterocycles. The highest BCUT2D eigenvalue weighted by atomic mass is 32.1. The van der Waals surface area contributed by atoms with Crippen LogP contribution in [-0.4, -0.2) is 32.7 Å². The van der Waals surface area contributed by atoms with Crippen LogP contribution in [0.1, 0.15) is 27.6 Å². The van der Waals surface area contributed by atoms with Gasteiger partial charge in [-0.1, -0.05) is 30.3 Å². The van der Waals surface area contributed by atoms with E-state index in [-0.39, 0.29) is 12.5 Å². The molecular weight excluding hydrogens is 322 g/mol. The predicted molar refractivity (Wildman–Crippen MR) is 92.5 cm³/mol. The Kier molecular flexibility index (Phi) is 5.30. The van der Waals surface area contributed by atoms with Crippen LogP contribution in [0.25, 0.3) is 0 Å². The van der Waals surface area contributed by atoms with Crippen LogP contribution >= 0.6 is 11.3 Å². The first kappa shape index (κ1) is 16.3. The van der Waals surface area contributed by atoms with Gasteiger partial charge in [-0.25, -0.2) is 0 Å². The first-order valence-electron chi connectivity index (χ1n) is 7.54. The van der Waals surface area contributed by atoms with Crippen LogP contribution in [0.3, 0.4) is 0 Å². The highest BCUT2D eigenvalue weighted by Crippen LogP contribution is 2.19. The first-order chi connectivity index (χ1) is 11.7. The number of aliphatic hydroxyl groups excluding tert-OH is 1. The van der Waals surface area contributed by atoms with Gasteiger partial charge in [-0.15, -0.1) is 0 Å². The number of benzene rings is 1. The predicted octanol–water partition coefficient (Wildman–Crippen LogP) is 2.91. The second-order valence-electron chi connectivity index (χ2n) is 5.37. The summed E-state index contributed by atoms with van der Waals surface area (Å²) in [5.41, 5.74) is 2.28. The fourth-order valence-electron chi connectivity index (χ4n) is 2.40. The normalized spacial score (nSPS) is 11.9. The number of nitrogens with zero attached hydrogens (tertiary/aromatic N) is 3. The molecule has 1 aromatic carbocycles. The van der Waals surface area contributed by atoms with Gasteiger partial charge in [-0.2, -0.15) is 21.5 Å². The van der Waals surface area contributed by atoms with E-state index in [1.54, 1.807) is 11.0 Å². The minimum Gasteiger partial charge on any atom is -0.387 e. The van der Waals surface area contributed by atoms with Crippen LogP contribution in [0.5, 0.6) is 0 Å². The maximum atomic E-state index is 12.8. The summed E-state index contributed by atoms with van der Waals surface area (Å²) in [5, 5.41) is 21.7. The quantitative estimate of drug-likeness (QED) is 0.750. The number of aromatic nitrogens is 2. The number of carbonyl (C=O) groups excluding carboxylic acids is 1. The van der Waals surface area contributed by atoms with Crippen LogP contribution < -0.4 is 0 Å². The van der Waals surface area contributed by atoms with Crippen molar-refractivity contribution in [3.8, 4) is 0 Å². The minimum absolute atomic E-state index is 0.178. The molecule has 2 aromatic heterocycles. The lowest BCUT2D eigenvalue weighted by Crippen LogP contribution is -2.34. The highest BCUT2D eigenvalue weighted by Gasteiger charge is 2.21. The zero-order valence-electron chi connectivity index (χ0n) is 12.9. The van der Waals surface area contributed by atoms with Gasteiger partial charge in [-0.3, -0.25) is 4.79 Å². The fourth-order valence-corrected chi connectivity index (χ4v) is 3.11. The van der Waals surface area contributed by atoms with Gasteiger partial charge in [0.2, 0.25) is 0 Å². The van der Waals surface area contributed by atoms with Crippen molar-refractivity contribution in [2.45, 2.75) is 12.6 Å². The number of rotatable bonds is 6. The molecule has 1 N–H and O–H groups in total. The van der Waals surface area contributed by atoms with Gasteiger partial charge < -0.3 is 10.0 Å². The molecular formula is C18H17N3O2S. The summed E-state index contributed by atoms with van der Waals surface area (Å²) in [6.07, 6.45) is 2.21. The molecule has 3 rings (SSSR count). The van der Waals surface area contributed by atoms with Crippen molar-refractivity contribution >= 4 is 17.2 Å². The van der Waals surface area contributed by atoms with Crippen LogP contribution in [0.15, 0.2) is 65.6 Å². The molecule has 0 aliphatic rings. The highest BCUT2D eigenvalue weighted by molar-refractivity contribution is 7.07. The lowest BCUT2D eigenvalue weighted by Gasteiger charge is -2.25. The van der Waals surface area contributed by atoms with Gasteiger partial charge in [0.15, 0.2) is 0 Å². The molecule has 0 aliphatic carbocycles. The molecule has 0 radical (unpaired) electrons. The summed E-state index contributed by atoms with van der Waals surface area (Å²) >= 11 is 1.52. The number of thiophene rings is 1. The third kappa shape index (κ3) is 4.04. The first-order valence-corrected chi connectivity index (χ1v) is 8.48. The van der Waals surface area contributed by atoms with Gasteiger partial charge in [0, 0.05) is 6.54 Å². The smallest absolute Gasteiger partial charge is 0.255 e. The van der Waals surface area contributed by atoms with Gasteiger partial charge in [0.1, 0.15) is 0 Å². The maximum absolute atomic E-state index is 12.8. The van der Waals surface area contributed by atoms with Crippen molar-refractivity contribution in [1.82, 2.24) is 15.1 Å². The molecule has 1 amide bonds. The summed E-state index contributed by atoms with van der Waals surface area (Å²) in [7, 11) is 0. The second-order valence-corrected chi connectivity index (χ2v) is 6.15. The molecule has 24 heavy (non-hydrogen) atoms. The van der Waals surface area contributed by atoms with Gasteiger partial charge in [0.25, 0.3) is 5.91 Å². The molecule has 0 saturated carbocycles. The van der Waals surface area contributed by atoms with E-state index in [1.165, 1.54) is 23.7 Å². The zero-order valence-corrected chi connectivity index (χ0v) is 13.8. The molecule has 3 aromatic rings. The van der Waals surface area contributed by atoms with E-state index in [0.717, 1.165) is 11.1 Å². The van der Waals surface area contributed by atoms with Crippen LogP contribution in [0, 0.1) is 0 Å². The van der Waals surface area contributed by atoms with Crippen molar-refractivity contribution in [3.63, 3.8) is 0 Å². The summed E-state index contributed by atoms with van der Waals surface area (Å²) in [6.45, 7) is 0.635.